The first-order valence-corrected chi connectivity index (χ1v) is 3.37. The first-order chi connectivity index (χ1) is 4.59. The SMILES string of the molecule is C=C(C)C(OCC)C(C)=O. The summed E-state index contributed by atoms with van der Waals surface area (Å²) < 4.78 is 5.12. The van der Waals surface area contributed by atoms with Gasteiger partial charge in [0.2, 0.25) is 0 Å². The summed E-state index contributed by atoms with van der Waals surface area (Å²) in [6.07, 6.45) is -0.398. The van der Waals surface area contributed by atoms with Gasteiger partial charge in [0, 0.05) is 6.61 Å². The summed E-state index contributed by atoms with van der Waals surface area (Å²) in [4.78, 5) is 10.8. The minimum Gasteiger partial charge on any atom is -0.366 e. The molecule has 0 N–H and O–H groups in total. The molecule has 0 saturated carbocycles. The number of carbonyl (C=O) groups is 1. The maximum Gasteiger partial charge on any atom is 0.162 e. The Morgan fingerprint density at radius 2 is 2.10 bits per heavy atom. The van der Waals surface area contributed by atoms with Gasteiger partial charge in [-0.25, -0.2) is 0 Å². The number of ether oxygens (including phenoxy) is 1. The van der Waals surface area contributed by atoms with Crippen molar-refractivity contribution in [3.8, 4) is 0 Å². The van der Waals surface area contributed by atoms with Crippen molar-refractivity contribution in [2.75, 3.05) is 6.61 Å². The molecule has 0 radical (unpaired) electrons. The van der Waals surface area contributed by atoms with Crippen molar-refractivity contribution in [1.29, 1.82) is 0 Å². The normalized spacial score (nSPS) is 12.7. The van der Waals surface area contributed by atoms with Gasteiger partial charge in [0.1, 0.15) is 6.10 Å². The van der Waals surface area contributed by atoms with E-state index in [9.17, 15) is 4.79 Å². The molecule has 10 heavy (non-hydrogen) atoms. The number of hydrogen-bond acceptors (Lipinski definition) is 2. The zero-order valence-electron chi connectivity index (χ0n) is 6.81. The van der Waals surface area contributed by atoms with E-state index in [-0.39, 0.29) is 5.78 Å². The largest absolute Gasteiger partial charge is 0.366 e. The Morgan fingerprint density at radius 3 is 2.20 bits per heavy atom. The van der Waals surface area contributed by atoms with Crippen LogP contribution in [0.5, 0.6) is 0 Å². The van der Waals surface area contributed by atoms with Crippen molar-refractivity contribution in [2.24, 2.45) is 0 Å². The number of carbonyl (C=O) groups excluding carboxylic acids is 1. The minimum atomic E-state index is -0.398. The molecule has 0 heterocycles. The van der Waals surface area contributed by atoms with Gasteiger partial charge in [-0.3, -0.25) is 4.79 Å². The van der Waals surface area contributed by atoms with Crippen LogP contribution in [-0.2, 0) is 9.53 Å². The Morgan fingerprint density at radius 1 is 1.60 bits per heavy atom. The molecule has 0 aliphatic heterocycles. The van der Waals surface area contributed by atoms with Crippen LogP contribution >= 0.6 is 0 Å². The smallest absolute Gasteiger partial charge is 0.162 e. The van der Waals surface area contributed by atoms with Crippen LogP contribution in [0.1, 0.15) is 20.8 Å². The van der Waals surface area contributed by atoms with Gasteiger partial charge < -0.3 is 4.74 Å². The molecule has 0 aromatic rings. The second-order valence-electron chi connectivity index (χ2n) is 2.29. The van der Waals surface area contributed by atoms with E-state index in [1.807, 2.05) is 6.92 Å². The Balaban J connectivity index is 3.98. The van der Waals surface area contributed by atoms with Crippen LogP contribution in [0.3, 0.4) is 0 Å². The van der Waals surface area contributed by atoms with Crippen LogP contribution in [0.4, 0.5) is 0 Å². The third-order valence-electron chi connectivity index (χ3n) is 1.15. The average Bonchev–Trinajstić information content (AvgIpc) is 1.81. The van der Waals surface area contributed by atoms with E-state index < -0.39 is 6.10 Å². The van der Waals surface area contributed by atoms with Gasteiger partial charge in [0.15, 0.2) is 5.78 Å². The molecule has 0 bridgehead atoms. The average molecular weight is 142 g/mol. The Bertz CT molecular complexity index is 124. The van der Waals surface area contributed by atoms with Crippen molar-refractivity contribution >= 4 is 5.78 Å². The topological polar surface area (TPSA) is 26.3 Å². The van der Waals surface area contributed by atoms with Crippen LogP contribution in [-0.4, -0.2) is 18.5 Å². The number of ketones is 1. The zero-order chi connectivity index (χ0) is 8.15. The van der Waals surface area contributed by atoms with Crippen LogP contribution in [0.25, 0.3) is 0 Å². The van der Waals surface area contributed by atoms with Crippen LogP contribution < -0.4 is 0 Å². The van der Waals surface area contributed by atoms with Crippen molar-refractivity contribution in [1.82, 2.24) is 0 Å². The lowest BCUT2D eigenvalue weighted by atomic mass is 10.1. The molecule has 1 atom stereocenters. The summed E-state index contributed by atoms with van der Waals surface area (Å²) in [5.74, 6) is 0.0225. The van der Waals surface area contributed by atoms with Crippen molar-refractivity contribution in [3.63, 3.8) is 0 Å². The maximum atomic E-state index is 10.8. The van der Waals surface area contributed by atoms with Gasteiger partial charge in [-0.15, -0.1) is 0 Å². The fourth-order valence-electron chi connectivity index (χ4n) is 0.773. The lowest BCUT2D eigenvalue weighted by molar-refractivity contribution is -0.125. The fraction of sp³-hybridized carbons (Fsp3) is 0.625. The highest BCUT2D eigenvalue weighted by Gasteiger charge is 2.13. The van der Waals surface area contributed by atoms with Crippen LogP contribution in [0, 0.1) is 0 Å². The van der Waals surface area contributed by atoms with Crippen molar-refractivity contribution in [2.45, 2.75) is 26.9 Å². The molecule has 2 nitrogen and oxygen atoms in total. The van der Waals surface area contributed by atoms with E-state index in [1.165, 1.54) is 6.92 Å². The van der Waals surface area contributed by atoms with E-state index in [4.69, 9.17) is 4.74 Å². The molecule has 0 saturated heterocycles. The molecule has 0 aromatic heterocycles. The fourth-order valence-corrected chi connectivity index (χ4v) is 0.773. The molecule has 2 heteroatoms. The van der Waals surface area contributed by atoms with Crippen molar-refractivity contribution in [3.05, 3.63) is 12.2 Å². The maximum absolute atomic E-state index is 10.8. The lowest BCUT2D eigenvalue weighted by Gasteiger charge is -2.12. The first-order valence-electron chi connectivity index (χ1n) is 3.37. The highest BCUT2D eigenvalue weighted by Crippen LogP contribution is 2.03. The number of hydrogen-bond donors (Lipinski definition) is 0. The van der Waals surface area contributed by atoms with Gasteiger partial charge in [-0.2, -0.15) is 0 Å². The van der Waals surface area contributed by atoms with Gasteiger partial charge in [-0.05, 0) is 26.3 Å². The molecule has 0 rings (SSSR count). The summed E-state index contributed by atoms with van der Waals surface area (Å²) in [7, 11) is 0. The number of Topliss-reactive ketones (excluding diaryl/α,β-unsaturated/α-hetero) is 1. The molecule has 58 valence electrons. The number of rotatable bonds is 4. The first kappa shape index (κ1) is 9.37. The van der Waals surface area contributed by atoms with Crippen LogP contribution in [0.2, 0.25) is 0 Å². The summed E-state index contributed by atoms with van der Waals surface area (Å²) in [5.41, 5.74) is 0.773. The predicted octanol–water partition coefficient (Wildman–Crippen LogP) is 1.56. The molecule has 1 unspecified atom stereocenters. The standard InChI is InChI=1S/C8H14O2/c1-5-10-8(6(2)3)7(4)9/h8H,2,5H2,1,3-4H3. The Labute approximate surface area is 61.9 Å². The van der Waals surface area contributed by atoms with Gasteiger partial charge in [0.05, 0.1) is 0 Å². The summed E-state index contributed by atoms with van der Waals surface area (Å²) in [6.45, 7) is 9.36. The Kier molecular flexibility index (Phi) is 3.96. The molecule has 0 aromatic carbocycles. The molecule has 0 spiro atoms. The third kappa shape index (κ3) is 2.78. The van der Waals surface area contributed by atoms with Gasteiger partial charge in [-0.1, -0.05) is 6.58 Å². The quantitative estimate of drug-likeness (QED) is 0.557. The van der Waals surface area contributed by atoms with Gasteiger partial charge >= 0.3 is 0 Å². The van der Waals surface area contributed by atoms with E-state index >= 15 is 0 Å². The Hall–Kier alpha value is -0.630. The predicted molar refractivity (Wildman–Crippen MR) is 40.9 cm³/mol. The van der Waals surface area contributed by atoms with Crippen LogP contribution in [0.15, 0.2) is 12.2 Å². The van der Waals surface area contributed by atoms with E-state index in [0.29, 0.717) is 6.61 Å². The molecular formula is C8H14O2. The van der Waals surface area contributed by atoms with Gasteiger partial charge in [0.25, 0.3) is 0 Å². The van der Waals surface area contributed by atoms with E-state index in [1.54, 1.807) is 6.92 Å². The summed E-state index contributed by atoms with van der Waals surface area (Å²) in [6, 6.07) is 0. The second-order valence-corrected chi connectivity index (χ2v) is 2.29. The van der Waals surface area contributed by atoms with E-state index in [0.717, 1.165) is 5.57 Å². The molecular weight excluding hydrogens is 128 g/mol. The zero-order valence-corrected chi connectivity index (χ0v) is 6.81. The minimum absolute atomic E-state index is 0.0225. The second kappa shape index (κ2) is 4.23. The van der Waals surface area contributed by atoms with Crippen molar-refractivity contribution < 1.29 is 9.53 Å². The third-order valence-corrected chi connectivity index (χ3v) is 1.15. The molecule has 0 aliphatic rings. The van der Waals surface area contributed by atoms with E-state index in [2.05, 4.69) is 6.58 Å². The summed E-state index contributed by atoms with van der Waals surface area (Å²) >= 11 is 0. The highest BCUT2D eigenvalue weighted by atomic mass is 16.5. The monoisotopic (exact) mass is 142 g/mol. The molecule has 0 amide bonds. The lowest BCUT2D eigenvalue weighted by Crippen LogP contribution is -2.22. The molecule has 0 fully saturated rings. The highest BCUT2D eigenvalue weighted by molar-refractivity contribution is 5.83. The molecule has 0 aliphatic carbocycles. The summed E-state index contributed by atoms with van der Waals surface area (Å²) in [5, 5.41) is 0.